The molecule has 1 saturated heterocycles. The number of ether oxygens (including phenoxy) is 3. The number of esters is 2. The number of halogens is 4. The average molecular weight is 364 g/mol. The van der Waals surface area contributed by atoms with Crippen molar-refractivity contribution in [2.24, 2.45) is 0 Å². The highest BCUT2D eigenvalue weighted by Gasteiger charge is 2.42. The predicted molar refractivity (Wildman–Crippen MR) is 76.9 cm³/mol. The summed E-state index contributed by atoms with van der Waals surface area (Å²) < 4.78 is 64.4. The molecule has 1 fully saturated rings. The Morgan fingerprint density at radius 3 is 2.28 bits per heavy atom. The third kappa shape index (κ3) is 5.15. The van der Waals surface area contributed by atoms with Crippen molar-refractivity contribution >= 4 is 11.9 Å². The average Bonchev–Trinajstić information content (AvgIpc) is 3.11. The number of rotatable bonds is 7. The third-order valence-electron chi connectivity index (χ3n) is 3.51. The summed E-state index contributed by atoms with van der Waals surface area (Å²) in [6.45, 7) is -1.22. The monoisotopic (exact) mass is 364 g/mol. The molecule has 1 aromatic rings. The molecule has 0 spiro atoms. The Morgan fingerprint density at radius 2 is 1.76 bits per heavy atom. The second-order valence-electron chi connectivity index (χ2n) is 5.42. The van der Waals surface area contributed by atoms with Crippen LogP contribution in [0.1, 0.15) is 33.6 Å². The first-order valence-corrected chi connectivity index (χ1v) is 7.52. The van der Waals surface area contributed by atoms with E-state index in [2.05, 4.69) is 4.74 Å². The second kappa shape index (κ2) is 8.28. The van der Waals surface area contributed by atoms with Gasteiger partial charge in [0.25, 0.3) is 0 Å². The van der Waals surface area contributed by atoms with Crippen molar-refractivity contribution in [3.05, 3.63) is 35.4 Å². The van der Waals surface area contributed by atoms with Gasteiger partial charge < -0.3 is 14.2 Å². The molecule has 0 radical (unpaired) electrons. The fourth-order valence-corrected chi connectivity index (χ4v) is 2.16. The molecular formula is C16H16F4O5. The minimum Gasteiger partial charge on any atom is -0.459 e. The predicted octanol–water partition coefficient (Wildman–Crippen LogP) is 3.08. The number of carbonyl (C=O) groups excluding carboxylic acids is 2. The number of hydrogen-bond donors (Lipinski definition) is 0. The fraction of sp³-hybridized carbons (Fsp3) is 0.500. The quantitative estimate of drug-likeness (QED) is 0.550. The lowest BCUT2D eigenvalue weighted by Crippen LogP contribution is -2.33. The molecule has 0 aromatic heterocycles. The molecule has 0 aliphatic carbocycles. The number of alkyl halides is 4. The summed E-state index contributed by atoms with van der Waals surface area (Å²) in [7, 11) is 0. The molecule has 138 valence electrons. The van der Waals surface area contributed by atoms with Crippen molar-refractivity contribution in [1.29, 1.82) is 0 Å². The van der Waals surface area contributed by atoms with E-state index in [1.54, 1.807) is 0 Å². The van der Waals surface area contributed by atoms with Crippen molar-refractivity contribution in [2.45, 2.75) is 31.3 Å². The van der Waals surface area contributed by atoms with Gasteiger partial charge in [-0.05, 0) is 25.0 Å². The van der Waals surface area contributed by atoms with Gasteiger partial charge in [-0.2, -0.15) is 8.78 Å². The smallest absolute Gasteiger partial charge is 0.340 e. The summed E-state index contributed by atoms with van der Waals surface area (Å²) in [4.78, 5) is 23.9. The van der Waals surface area contributed by atoms with Crippen LogP contribution < -0.4 is 0 Å². The summed E-state index contributed by atoms with van der Waals surface area (Å²) in [6.07, 6.45) is -2.61. The van der Waals surface area contributed by atoms with Gasteiger partial charge in [-0.25, -0.2) is 18.4 Å². The molecule has 1 unspecified atom stereocenters. The van der Waals surface area contributed by atoms with E-state index in [-0.39, 0.29) is 23.8 Å². The molecule has 1 atom stereocenters. The first-order chi connectivity index (χ1) is 11.8. The maximum atomic E-state index is 12.8. The van der Waals surface area contributed by atoms with Gasteiger partial charge in [0, 0.05) is 6.61 Å². The zero-order chi connectivity index (χ0) is 18.4. The Balaban J connectivity index is 2.00. The van der Waals surface area contributed by atoms with Gasteiger partial charge in [0.05, 0.1) is 17.2 Å². The molecule has 1 aliphatic rings. The van der Waals surface area contributed by atoms with E-state index in [1.807, 2.05) is 0 Å². The van der Waals surface area contributed by atoms with E-state index in [9.17, 15) is 27.2 Å². The fourth-order valence-electron chi connectivity index (χ4n) is 2.16. The van der Waals surface area contributed by atoms with Gasteiger partial charge >= 0.3 is 24.3 Å². The van der Waals surface area contributed by atoms with Crippen LogP contribution in [0, 0.1) is 0 Å². The highest BCUT2D eigenvalue weighted by atomic mass is 19.3. The number of hydrogen-bond acceptors (Lipinski definition) is 5. The Labute approximate surface area is 140 Å². The highest BCUT2D eigenvalue weighted by Crippen LogP contribution is 2.24. The summed E-state index contributed by atoms with van der Waals surface area (Å²) in [6, 6.07) is 5.22. The van der Waals surface area contributed by atoms with Crippen molar-refractivity contribution < 1.29 is 41.4 Å². The maximum absolute atomic E-state index is 12.8. The van der Waals surface area contributed by atoms with Crippen molar-refractivity contribution in [3.8, 4) is 0 Å². The molecule has 1 aromatic carbocycles. The maximum Gasteiger partial charge on any atom is 0.340 e. The van der Waals surface area contributed by atoms with Crippen LogP contribution in [-0.2, 0) is 14.2 Å². The largest absolute Gasteiger partial charge is 0.459 e. The summed E-state index contributed by atoms with van der Waals surface area (Å²) in [5.41, 5.74) is -0.546. The van der Waals surface area contributed by atoms with E-state index in [4.69, 9.17) is 9.47 Å². The lowest BCUT2D eigenvalue weighted by Gasteiger charge is -2.16. The molecule has 0 saturated carbocycles. The van der Waals surface area contributed by atoms with E-state index in [1.165, 1.54) is 18.2 Å². The summed E-state index contributed by atoms with van der Waals surface area (Å²) in [5, 5.41) is 0. The van der Waals surface area contributed by atoms with Crippen LogP contribution in [0.3, 0.4) is 0 Å². The topological polar surface area (TPSA) is 61.8 Å². The Morgan fingerprint density at radius 1 is 1.16 bits per heavy atom. The molecule has 0 amide bonds. The van der Waals surface area contributed by atoms with E-state index in [0.29, 0.717) is 6.61 Å². The lowest BCUT2D eigenvalue weighted by atomic mass is 10.1. The van der Waals surface area contributed by atoms with Crippen LogP contribution in [0.25, 0.3) is 0 Å². The molecule has 25 heavy (non-hydrogen) atoms. The standard InChI is InChI=1S/C16H16F4O5/c17-15(18)16(19,20)9-25-14(22)12-6-2-1-5-11(12)13(21)24-8-10-4-3-7-23-10/h1-2,5-6,10,15H,3-4,7-9H2. The van der Waals surface area contributed by atoms with Crippen LogP contribution in [0.4, 0.5) is 17.6 Å². The molecular weight excluding hydrogens is 348 g/mol. The van der Waals surface area contributed by atoms with Crippen LogP contribution in [0.2, 0.25) is 0 Å². The van der Waals surface area contributed by atoms with Crippen molar-refractivity contribution in [2.75, 3.05) is 19.8 Å². The molecule has 5 nitrogen and oxygen atoms in total. The minimum atomic E-state index is -4.47. The van der Waals surface area contributed by atoms with Gasteiger partial charge in [0.1, 0.15) is 6.61 Å². The summed E-state index contributed by atoms with van der Waals surface area (Å²) in [5.74, 6) is -6.64. The van der Waals surface area contributed by atoms with Crippen LogP contribution in [0.15, 0.2) is 24.3 Å². The van der Waals surface area contributed by atoms with Gasteiger partial charge in [-0.1, -0.05) is 12.1 Å². The third-order valence-corrected chi connectivity index (χ3v) is 3.51. The molecule has 0 N–H and O–H groups in total. The van der Waals surface area contributed by atoms with Crippen molar-refractivity contribution in [1.82, 2.24) is 0 Å². The highest BCUT2D eigenvalue weighted by molar-refractivity contribution is 6.03. The number of carbonyl (C=O) groups is 2. The molecule has 1 aliphatic heterocycles. The van der Waals surface area contributed by atoms with Crippen LogP contribution >= 0.6 is 0 Å². The zero-order valence-electron chi connectivity index (χ0n) is 13.1. The first kappa shape index (κ1) is 19.2. The molecule has 9 heteroatoms. The Hall–Kier alpha value is -2.16. The molecule has 2 rings (SSSR count). The van der Waals surface area contributed by atoms with E-state index in [0.717, 1.165) is 18.9 Å². The Kier molecular flexibility index (Phi) is 6.35. The van der Waals surface area contributed by atoms with Gasteiger partial charge in [0.15, 0.2) is 6.61 Å². The van der Waals surface area contributed by atoms with E-state index < -0.39 is 30.9 Å². The Bertz CT molecular complexity index is 614. The second-order valence-corrected chi connectivity index (χ2v) is 5.42. The minimum absolute atomic E-state index is 0.00827. The number of benzene rings is 1. The lowest BCUT2D eigenvalue weighted by molar-refractivity contribution is -0.155. The molecule has 0 bridgehead atoms. The van der Waals surface area contributed by atoms with Crippen LogP contribution in [0.5, 0.6) is 0 Å². The van der Waals surface area contributed by atoms with Gasteiger partial charge in [-0.3, -0.25) is 0 Å². The summed E-state index contributed by atoms with van der Waals surface area (Å²) >= 11 is 0. The van der Waals surface area contributed by atoms with Gasteiger partial charge in [0.2, 0.25) is 0 Å². The van der Waals surface area contributed by atoms with Crippen LogP contribution in [-0.4, -0.2) is 50.2 Å². The molecule has 1 heterocycles. The van der Waals surface area contributed by atoms with Gasteiger partial charge in [-0.15, -0.1) is 0 Å². The van der Waals surface area contributed by atoms with Crippen molar-refractivity contribution in [3.63, 3.8) is 0 Å². The SMILES string of the molecule is O=C(OCC1CCCO1)c1ccccc1C(=O)OCC(F)(F)C(F)F. The first-order valence-electron chi connectivity index (χ1n) is 7.52. The normalized spacial score (nSPS) is 17.6. The zero-order valence-corrected chi connectivity index (χ0v) is 13.1. The van der Waals surface area contributed by atoms with E-state index >= 15 is 0 Å².